The Morgan fingerprint density at radius 2 is 1.94 bits per heavy atom. The van der Waals surface area contributed by atoms with E-state index in [0.717, 1.165) is 17.0 Å². The first kappa shape index (κ1) is 22.9. The highest BCUT2D eigenvalue weighted by Gasteiger charge is 2.27. The summed E-state index contributed by atoms with van der Waals surface area (Å²) in [5.74, 6) is 1.68. The molecule has 4 rings (SSSR count). The first-order valence-corrected chi connectivity index (χ1v) is 11.5. The second kappa shape index (κ2) is 10.1. The molecule has 1 fully saturated rings. The van der Waals surface area contributed by atoms with Crippen LogP contribution in [0, 0.1) is 6.92 Å². The maximum atomic E-state index is 12.5. The Morgan fingerprint density at radius 1 is 1.18 bits per heavy atom. The van der Waals surface area contributed by atoms with Crippen molar-refractivity contribution < 1.29 is 19.1 Å². The number of nitrogens with zero attached hydrogens (tertiary/aromatic N) is 4. The van der Waals surface area contributed by atoms with Crippen molar-refractivity contribution in [1.29, 1.82) is 0 Å². The van der Waals surface area contributed by atoms with Crippen molar-refractivity contribution in [2.24, 2.45) is 0 Å². The molecule has 0 unspecified atom stereocenters. The topological polar surface area (TPSA) is 98.6 Å². The molecule has 1 aliphatic heterocycles. The van der Waals surface area contributed by atoms with Crippen molar-refractivity contribution in [3.63, 3.8) is 0 Å². The number of thioether (sulfide) groups is 1. The number of urea groups is 1. The van der Waals surface area contributed by atoms with Gasteiger partial charge in [0.15, 0.2) is 11.0 Å². The summed E-state index contributed by atoms with van der Waals surface area (Å²) in [5, 5.41) is 12.3. The van der Waals surface area contributed by atoms with Gasteiger partial charge in [-0.1, -0.05) is 29.4 Å². The van der Waals surface area contributed by atoms with E-state index in [0.29, 0.717) is 34.8 Å². The van der Waals surface area contributed by atoms with Crippen LogP contribution in [0.2, 0.25) is 5.02 Å². The molecule has 0 aliphatic carbocycles. The first-order valence-electron chi connectivity index (χ1n) is 10.1. The molecule has 0 bridgehead atoms. The zero-order valence-electron chi connectivity index (χ0n) is 18.1. The molecule has 0 radical (unpaired) electrons. The number of ether oxygens (including phenoxy) is 2. The van der Waals surface area contributed by atoms with E-state index < -0.39 is 0 Å². The summed E-state index contributed by atoms with van der Waals surface area (Å²) in [6.07, 6.45) is 0. The molecule has 1 saturated heterocycles. The number of aromatic nitrogens is 3. The standard InChI is InChI=1S/C22H22ClN5O4S/c1-14-3-4-15(11-18(14)23)28-19(12-32-17-7-5-16(31-2)6-8-17)25-26-22(28)33-13-20(29)27-10-9-24-21(27)30/h3-8,11H,9-10,12-13H2,1-2H3,(H,24,30). The minimum atomic E-state index is -0.374. The molecular weight excluding hydrogens is 466 g/mol. The van der Waals surface area contributed by atoms with Crippen LogP contribution in [-0.4, -0.2) is 57.6 Å². The molecule has 33 heavy (non-hydrogen) atoms. The number of aryl methyl sites for hydroxylation is 1. The van der Waals surface area contributed by atoms with Crippen LogP contribution >= 0.6 is 23.4 Å². The molecule has 1 N–H and O–H groups in total. The average Bonchev–Trinajstić information content (AvgIpc) is 3.44. The van der Waals surface area contributed by atoms with Crippen LogP contribution < -0.4 is 14.8 Å². The summed E-state index contributed by atoms with van der Waals surface area (Å²) < 4.78 is 12.9. The molecule has 1 aliphatic rings. The van der Waals surface area contributed by atoms with Crippen molar-refractivity contribution >= 4 is 35.3 Å². The van der Waals surface area contributed by atoms with Crippen LogP contribution in [0.3, 0.4) is 0 Å². The van der Waals surface area contributed by atoms with E-state index in [2.05, 4.69) is 15.5 Å². The second-order valence-electron chi connectivity index (χ2n) is 7.20. The van der Waals surface area contributed by atoms with Crippen LogP contribution in [0.25, 0.3) is 5.69 Å². The van der Waals surface area contributed by atoms with Crippen molar-refractivity contribution in [2.75, 3.05) is 26.0 Å². The van der Waals surface area contributed by atoms with Gasteiger partial charge in [-0.25, -0.2) is 4.79 Å². The van der Waals surface area contributed by atoms with Crippen molar-refractivity contribution in [1.82, 2.24) is 25.0 Å². The van der Waals surface area contributed by atoms with Crippen molar-refractivity contribution in [3.05, 3.63) is 58.9 Å². The van der Waals surface area contributed by atoms with E-state index in [9.17, 15) is 9.59 Å². The lowest BCUT2D eigenvalue weighted by Crippen LogP contribution is -2.35. The van der Waals surface area contributed by atoms with Gasteiger partial charge in [0.05, 0.1) is 18.6 Å². The lowest BCUT2D eigenvalue weighted by Gasteiger charge is -2.14. The average molecular weight is 488 g/mol. The number of halogens is 1. The lowest BCUT2D eigenvalue weighted by molar-refractivity contribution is -0.124. The third kappa shape index (κ3) is 5.23. The van der Waals surface area contributed by atoms with Gasteiger partial charge in [-0.2, -0.15) is 0 Å². The highest BCUT2D eigenvalue weighted by Crippen LogP contribution is 2.27. The van der Waals surface area contributed by atoms with Gasteiger partial charge >= 0.3 is 6.03 Å². The number of methoxy groups -OCH3 is 1. The van der Waals surface area contributed by atoms with Gasteiger partial charge in [-0.3, -0.25) is 14.3 Å². The molecule has 2 aromatic carbocycles. The van der Waals surface area contributed by atoms with Crippen LogP contribution in [0.4, 0.5) is 4.79 Å². The third-order valence-corrected chi connectivity index (χ3v) is 6.34. The van der Waals surface area contributed by atoms with E-state index in [1.807, 2.05) is 25.1 Å². The van der Waals surface area contributed by atoms with E-state index in [1.165, 1.54) is 16.7 Å². The fraction of sp³-hybridized carbons (Fsp3) is 0.273. The number of carbonyl (C=O) groups excluding carboxylic acids is 2. The summed E-state index contributed by atoms with van der Waals surface area (Å²) in [6.45, 7) is 2.88. The zero-order chi connectivity index (χ0) is 23.4. The normalized spacial score (nSPS) is 13.2. The van der Waals surface area contributed by atoms with Gasteiger partial charge in [-0.05, 0) is 48.9 Å². The Balaban J connectivity index is 1.56. The van der Waals surface area contributed by atoms with Crippen LogP contribution in [-0.2, 0) is 11.4 Å². The van der Waals surface area contributed by atoms with Gasteiger partial charge in [0.2, 0.25) is 5.91 Å². The summed E-state index contributed by atoms with van der Waals surface area (Å²) in [4.78, 5) is 25.4. The Morgan fingerprint density at radius 3 is 2.61 bits per heavy atom. The fourth-order valence-electron chi connectivity index (χ4n) is 3.20. The Kier molecular flexibility index (Phi) is 7.05. The maximum absolute atomic E-state index is 12.5. The quantitative estimate of drug-likeness (QED) is 0.486. The molecule has 2 heterocycles. The highest BCUT2D eigenvalue weighted by atomic mass is 35.5. The summed E-state index contributed by atoms with van der Waals surface area (Å²) in [7, 11) is 1.60. The van der Waals surface area contributed by atoms with Crippen LogP contribution in [0.5, 0.6) is 11.5 Å². The number of hydrogen-bond acceptors (Lipinski definition) is 7. The Labute approximate surface area is 200 Å². The molecule has 3 aromatic rings. The SMILES string of the molecule is COc1ccc(OCc2nnc(SCC(=O)N3CCNC3=O)n2-c2ccc(C)c(Cl)c2)cc1. The van der Waals surface area contributed by atoms with Crippen molar-refractivity contribution in [2.45, 2.75) is 18.7 Å². The Hall–Kier alpha value is -3.24. The van der Waals surface area contributed by atoms with E-state index in [-0.39, 0.29) is 24.3 Å². The van der Waals surface area contributed by atoms with Crippen LogP contribution in [0.15, 0.2) is 47.6 Å². The molecular formula is C22H22ClN5O4S. The van der Waals surface area contributed by atoms with Gasteiger partial charge in [0.1, 0.15) is 18.1 Å². The predicted octanol–water partition coefficient (Wildman–Crippen LogP) is 3.46. The molecule has 3 amide bonds. The molecule has 172 valence electrons. The zero-order valence-corrected chi connectivity index (χ0v) is 19.7. The fourth-order valence-corrected chi connectivity index (χ4v) is 4.22. The number of imide groups is 1. The summed E-state index contributed by atoms with van der Waals surface area (Å²) in [6, 6.07) is 12.5. The monoisotopic (exact) mass is 487 g/mol. The second-order valence-corrected chi connectivity index (χ2v) is 8.55. The van der Waals surface area contributed by atoms with Crippen LogP contribution in [0.1, 0.15) is 11.4 Å². The van der Waals surface area contributed by atoms with Crippen molar-refractivity contribution in [3.8, 4) is 17.2 Å². The minimum Gasteiger partial charge on any atom is -0.497 e. The van der Waals surface area contributed by atoms with Gasteiger partial charge in [-0.15, -0.1) is 10.2 Å². The molecule has 0 spiro atoms. The Bertz CT molecular complexity index is 1170. The number of carbonyl (C=O) groups is 2. The molecule has 0 atom stereocenters. The predicted molar refractivity (Wildman–Crippen MR) is 124 cm³/mol. The number of rotatable bonds is 8. The number of hydrogen-bond donors (Lipinski definition) is 1. The number of nitrogens with one attached hydrogen (secondary N) is 1. The molecule has 1 aromatic heterocycles. The first-order chi connectivity index (χ1) is 16.0. The van der Waals surface area contributed by atoms with Gasteiger partial charge in [0, 0.05) is 18.1 Å². The van der Waals surface area contributed by atoms with Gasteiger partial charge in [0.25, 0.3) is 0 Å². The van der Waals surface area contributed by atoms with E-state index in [1.54, 1.807) is 35.9 Å². The summed E-state index contributed by atoms with van der Waals surface area (Å²) >= 11 is 7.56. The highest BCUT2D eigenvalue weighted by molar-refractivity contribution is 7.99. The number of amides is 3. The summed E-state index contributed by atoms with van der Waals surface area (Å²) in [5.41, 5.74) is 1.69. The third-order valence-electron chi connectivity index (χ3n) is 5.02. The maximum Gasteiger partial charge on any atom is 0.324 e. The smallest absolute Gasteiger partial charge is 0.324 e. The minimum absolute atomic E-state index is 0.0461. The molecule has 9 nitrogen and oxygen atoms in total. The number of benzene rings is 2. The van der Waals surface area contributed by atoms with E-state index >= 15 is 0 Å². The van der Waals surface area contributed by atoms with E-state index in [4.69, 9.17) is 21.1 Å². The molecule has 0 saturated carbocycles. The van der Waals surface area contributed by atoms with Gasteiger partial charge < -0.3 is 14.8 Å². The molecule has 11 heteroatoms. The largest absolute Gasteiger partial charge is 0.497 e. The lowest BCUT2D eigenvalue weighted by atomic mass is 10.2.